The minimum atomic E-state index is 0.211. The molecule has 19 heavy (non-hydrogen) atoms. The third-order valence-corrected chi connectivity index (χ3v) is 3.49. The number of ether oxygens (including phenoxy) is 1. The highest BCUT2D eigenvalue weighted by molar-refractivity contribution is 5.75. The van der Waals surface area contributed by atoms with Crippen LogP contribution in [0.1, 0.15) is 51.3 Å². The lowest BCUT2D eigenvalue weighted by Gasteiger charge is -2.11. The summed E-state index contributed by atoms with van der Waals surface area (Å²) in [5, 5.41) is 0. The number of pyridine rings is 1. The number of rotatable bonds is 8. The molecule has 0 spiro atoms. The van der Waals surface area contributed by atoms with Crippen LogP contribution in [0.3, 0.4) is 0 Å². The Morgan fingerprint density at radius 3 is 2.84 bits per heavy atom. The maximum Gasteiger partial charge on any atom is 0.137 e. The molecule has 0 aliphatic heterocycles. The smallest absolute Gasteiger partial charge is 0.137 e. The van der Waals surface area contributed by atoms with Crippen molar-refractivity contribution in [2.45, 2.75) is 53.4 Å². The Labute approximate surface area is 116 Å². The summed E-state index contributed by atoms with van der Waals surface area (Å²) in [4.78, 5) is 15.4. The molecule has 0 saturated heterocycles. The van der Waals surface area contributed by atoms with Gasteiger partial charge >= 0.3 is 0 Å². The first kappa shape index (κ1) is 15.7. The minimum Gasteiger partial charge on any atom is -0.492 e. The number of Topliss-reactive ketones (excluding diaryl/α,β-unsaturated/α-hetero) is 1. The van der Waals surface area contributed by atoms with Gasteiger partial charge in [0.05, 0.1) is 12.8 Å². The van der Waals surface area contributed by atoms with Crippen molar-refractivity contribution >= 4 is 5.78 Å². The van der Waals surface area contributed by atoms with Gasteiger partial charge in [0.1, 0.15) is 11.5 Å². The largest absolute Gasteiger partial charge is 0.492 e. The van der Waals surface area contributed by atoms with Crippen LogP contribution in [-0.2, 0) is 11.2 Å². The second kappa shape index (κ2) is 7.93. The first-order valence-corrected chi connectivity index (χ1v) is 7.10. The van der Waals surface area contributed by atoms with Crippen molar-refractivity contribution in [1.29, 1.82) is 0 Å². The summed E-state index contributed by atoms with van der Waals surface area (Å²) in [6.07, 6.45) is 5.32. The summed E-state index contributed by atoms with van der Waals surface area (Å²) in [6, 6.07) is 2.02. The number of carbonyl (C=O) groups excluding carboxylic acids is 1. The van der Waals surface area contributed by atoms with Gasteiger partial charge in [-0.3, -0.25) is 4.98 Å². The molecule has 3 nitrogen and oxygen atoms in total. The molecular formula is C16H25NO2. The van der Waals surface area contributed by atoms with Gasteiger partial charge in [-0.15, -0.1) is 0 Å². The van der Waals surface area contributed by atoms with Gasteiger partial charge in [-0.2, -0.15) is 0 Å². The number of nitrogens with zero attached hydrogens (tertiary/aromatic N) is 1. The lowest BCUT2D eigenvalue weighted by molar-refractivity contribution is -0.116. The molecule has 0 bridgehead atoms. The monoisotopic (exact) mass is 263 g/mol. The van der Waals surface area contributed by atoms with Crippen LogP contribution < -0.4 is 4.74 Å². The number of hydrogen-bond acceptors (Lipinski definition) is 3. The van der Waals surface area contributed by atoms with Crippen LogP contribution in [0.2, 0.25) is 0 Å². The SMILES string of the molecule is CCC(C)CCOc1cnc(C)c(CCC(C)=O)c1. The number of aryl methyl sites for hydroxylation is 2. The highest BCUT2D eigenvalue weighted by Crippen LogP contribution is 2.17. The lowest BCUT2D eigenvalue weighted by Crippen LogP contribution is -2.05. The first-order valence-electron chi connectivity index (χ1n) is 7.10. The quantitative estimate of drug-likeness (QED) is 0.717. The maximum atomic E-state index is 11.0. The third-order valence-electron chi connectivity index (χ3n) is 3.49. The van der Waals surface area contributed by atoms with Crippen LogP contribution in [-0.4, -0.2) is 17.4 Å². The van der Waals surface area contributed by atoms with Crippen molar-refractivity contribution in [3.63, 3.8) is 0 Å². The van der Waals surface area contributed by atoms with Crippen molar-refractivity contribution < 1.29 is 9.53 Å². The fourth-order valence-electron chi connectivity index (χ4n) is 1.78. The molecule has 0 saturated carbocycles. The standard InChI is InChI=1S/C16H25NO2/c1-5-12(2)8-9-19-16-10-15(7-6-13(3)18)14(4)17-11-16/h10-12H,5-9H2,1-4H3. The van der Waals surface area contributed by atoms with E-state index in [9.17, 15) is 4.79 Å². The molecule has 1 rings (SSSR count). The Morgan fingerprint density at radius 1 is 1.47 bits per heavy atom. The summed E-state index contributed by atoms with van der Waals surface area (Å²) < 4.78 is 5.73. The second-order valence-electron chi connectivity index (χ2n) is 5.27. The van der Waals surface area contributed by atoms with Gasteiger partial charge < -0.3 is 9.53 Å². The molecule has 1 unspecified atom stereocenters. The molecule has 0 aliphatic carbocycles. The molecule has 0 aromatic carbocycles. The summed E-state index contributed by atoms with van der Waals surface area (Å²) in [6.45, 7) is 8.74. The predicted octanol–water partition coefficient (Wildman–Crippen LogP) is 3.73. The predicted molar refractivity (Wildman–Crippen MR) is 77.5 cm³/mol. The Kier molecular flexibility index (Phi) is 6.54. The number of hydrogen-bond donors (Lipinski definition) is 0. The van der Waals surface area contributed by atoms with Crippen molar-refractivity contribution in [2.75, 3.05) is 6.61 Å². The van der Waals surface area contributed by atoms with E-state index in [0.29, 0.717) is 12.3 Å². The van der Waals surface area contributed by atoms with E-state index in [1.807, 2.05) is 13.0 Å². The van der Waals surface area contributed by atoms with E-state index in [4.69, 9.17) is 4.74 Å². The highest BCUT2D eigenvalue weighted by atomic mass is 16.5. The molecule has 1 aromatic heterocycles. The number of carbonyl (C=O) groups is 1. The number of ketones is 1. The Balaban J connectivity index is 2.55. The van der Waals surface area contributed by atoms with E-state index in [1.54, 1.807) is 13.1 Å². The average Bonchev–Trinajstić information content (AvgIpc) is 2.38. The van der Waals surface area contributed by atoms with Crippen LogP contribution in [0.4, 0.5) is 0 Å². The fraction of sp³-hybridized carbons (Fsp3) is 0.625. The van der Waals surface area contributed by atoms with Crippen LogP contribution in [0.15, 0.2) is 12.3 Å². The average molecular weight is 263 g/mol. The Morgan fingerprint density at radius 2 is 2.21 bits per heavy atom. The zero-order valence-corrected chi connectivity index (χ0v) is 12.5. The first-order chi connectivity index (χ1) is 9.02. The van der Waals surface area contributed by atoms with Crippen LogP contribution in [0, 0.1) is 12.8 Å². The Bertz CT molecular complexity index is 415. The fourth-order valence-corrected chi connectivity index (χ4v) is 1.78. The summed E-state index contributed by atoms with van der Waals surface area (Å²) in [5.74, 6) is 1.71. The molecule has 1 aromatic rings. The van der Waals surface area contributed by atoms with Gasteiger partial charge in [0, 0.05) is 12.1 Å². The minimum absolute atomic E-state index is 0.211. The summed E-state index contributed by atoms with van der Waals surface area (Å²) in [5.41, 5.74) is 2.09. The van der Waals surface area contributed by atoms with Crippen LogP contribution in [0.5, 0.6) is 5.75 Å². The van der Waals surface area contributed by atoms with E-state index < -0.39 is 0 Å². The van der Waals surface area contributed by atoms with Gasteiger partial charge in [0.15, 0.2) is 0 Å². The van der Waals surface area contributed by atoms with Crippen LogP contribution >= 0.6 is 0 Å². The molecule has 106 valence electrons. The van der Waals surface area contributed by atoms with Crippen molar-refractivity contribution in [3.05, 3.63) is 23.5 Å². The van der Waals surface area contributed by atoms with E-state index in [2.05, 4.69) is 18.8 Å². The van der Waals surface area contributed by atoms with Gasteiger partial charge in [-0.25, -0.2) is 0 Å². The summed E-state index contributed by atoms with van der Waals surface area (Å²) in [7, 11) is 0. The van der Waals surface area contributed by atoms with E-state index in [1.165, 1.54) is 6.42 Å². The van der Waals surface area contributed by atoms with E-state index in [-0.39, 0.29) is 5.78 Å². The van der Waals surface area contributed by atoms with Gasteiger partial charge in [-0.05, 0) is 44.2 Å². The van der Waals surface area contributed by atoms with Crippen LogP contribution in [0.25, 0.3) is 0 Å². The molecule has 1 atom stereocenters. The zero-order valence-electron chi connectivity index (χ0n) is 12.5. The van der Waals surface area contributed by atoms with Crippen molar-refractivity contribution in [2.24, 2.45) is 5.92 Å². The molecule has 1 heterocycles. The Hall–Kier alpha value is -1.38. The highest BCUT2D eigenvalue weighted by Gasteiger charge is 2.05. The molecule has 0 radical (unpaired) electrons. The molecule has 3 heteroatoms. The van der Waals surface area contributed by atoms with Gasteiger partial charge in [0.2, 0.25) is 0 Å². The number of aromatic nitrogens is 1. The second-order valence-corrected chi connectivity index (χ2v) is 5.27. The third kappa shape index (κ3) is 5.86. The van der Waals surface area contributed by atoms with Crippen molar-refractivity contribution in [3.8, 4) is 5.75 Å². The zero-order chi connectivity index (χ0) is 14.3. The normalized spacial score (nSPS) is 12.2. The molecule has 0 N–H and O–H groups in total. The molecule has 0 aliphatic rings. The molecule has 0 fully saturated rings. The molecular weight excluding hydrogens is 238 g/mol. The van der Waals surface area contributed by atoms with Gasteiger partial charge in [-0.1, -0.05) is 20.3 Å². The van der Waals surface area contributed by atoms with E-state index >= 15 is 0 Å². The molecule has 0 amide bonds. The van der Waals surface area contributed by atoms with E-state index in [0.717, 1.165) is 36.5 Å². The maximum absolute atomic E-state index is 11.0. The topological polar surface area (TPSA) is 39.2 Å². The van der Waals surface area contributed by atoms with Crippen molar-refractivity contribution in [1.82, 2.24) is 4.98 Å². The van der Waals surface area contributed by atoms with Gasteiger partial charge in [0.25, 0.3) is 0 Å². The summed E-state index contributed by atoms with van der Waals surface area (Å²) >= 11 is 0. The lowest BCUT2D eigenvalue weighted by atomic mass is 10.1.